The van der Waals surface area contributed by atoms with Crippen molar-refractivity contribution in [1.29, 1.82) is 0 Å². The summed E-state index contributed by atoms with van der Waals surface area (Å²) in [4.78, 5) is 0. The van der Waals surface area contributed by atoms with Crippen molar-refractivity contribution in [2.75, 3.05) is 6.61 Å². The predicted molar refractivity (Wildman–Crippen MR) is 40.9 cm³/mol. The number of aliphatic hydroxyl groups excluding tert-OH is 3. The van der Waals surface area contributed by atoms with Gasteiger partial charge in [-0.2, -0.15) is 5.21 Å². The topological polar surface area (TPSA) is 124 Å². The van der Waals surface area contributed by atoms with Crippen LogP contribution in [0, 0.1) is 0 Å². The van der Waals surface area contributed by atoms with Gasteiger partial charge in [0.05, 0.1) is 6.61 Å². The molecule has 0 unspecified atom stereocenters. The molecule has 1 aromatic rings. The van der Waals surface area contributed by atoms with E-state index in [2.05, 4.69) is 20.6 Å². The lowest BCUT2D eigenvalue weighted by Crippen LogP contribution is -2.32. The number of nitrogens with zero attached hydrogens (tertiary/aromatic N) is 3. The Morgan fingerprint density at radius 1 is 1.36 bits per heavy atom. The van der Waals surface area contributed by atoms with Crippen LogP contribution in [0.3, 0.4) is 0 Å². The molecule has 4 N–H and O–H groups in total. The highest BCUT2D eigenvalue weighted by Gasteiger charge is 2.44. The standard InChI is InChI=1S/C6H10N4O4/c11-1-2-3(12)4(13)5(14-2)6-7-9-10-8-6/h2-5,11-13H,1H2,(H,7,8,9,10)/t2-,3-,4-,5-/m1/s1. The van der Waals surface area contributed by atoms with Crippen LogP contribution in [0.25, 0.3) is 0 Å². The lowest BCUT2D eigenvalue weighted by atomic mass is 10.1. The van der Waals surface area contributed by atoms with Gasteiger partial charge in [0.1, 0.15) is 24.4 Å². The van der Waals surface area contributed by atoms with Crippen molar-refractivity contribution in [3.8, 4) is 0 Å². The maximum atomic E-state index is 9.52. The van der Waals surface area contributed by atoms with Gasteiger partial charge in [0.2, 0.25) is 5.82 Å². The molecule has 0 spiro atoms. The summed E-state index contributed by atoms with van der Waals surface area (Å²) in [5, 5.41) is 40.5. The highest BCUT2D eigenvalue weighted by Crippen LogP contribution is 2.30. The molecule has 1 fully saturated rings. The molecule has 1 saturated heterocycles. The third-order valence-electron chi connectivity index (χ3n) is 2.16. The summed E-state index contributed by atoms with van der Waals surface area (Å²) in [6.07, 6.45) is -3.94. The first kappa shape index (κ1) is 9.46. The van der Waals surface area contributed by atoms with E-state index in [1.54, 1.807) is 0 Å². The summed E-state index contributed by atoms with van der Waals surface area (Å²) < 4.78 is 5.14. The van der Waals surface area contributed by atoms with E-state index >= 15 is 0 Å². The second-order valence-corrected chi connectivity index (χ2v) is 3.03. The zero-order valence-electron chi connectivity index (χ0n) is 7.11. The molecular weight excluding hydrogens is 192 g/mol. The van der Waals surface area contributed by atoms with Crippen LogP contribution in [0.2, 0.25) is 0 Å². The van der Waals surface area contributed by atoms with Crippen LogP contribution in [0.15, 0.2) is 0 Å². The summed E-state index contributed by atoms with van der Waals surface area (Å²) in [7, 11) is 0. The number of H-pyrrole nitrogens is 1. The molecule has 4 atom stereocenters. The van der Waals surface area contributed by atoms with E-state index in [0.29, 0.717) is 0 Å². The molecule has 1 aliphatic heterocycles. The monoisotopic (exact) mass is 202 g/mol. The fourth-order valence-corrected chi connectivity index (χ4v) is 1.40. The minimum atomic E-state index is -1.15. The molecule has 1 aromatic heterocycles. The second-order valence-electron chi connectivity index (χ2n) is 3.03. The van der Waals surface area contributed by atoms with Gasteiger partial charge in [-0.25, -0.2) is 0 Å². The van der Waals surface area contributed by atoms with Gasteiger partial charge in [-0.3, -0.25) is 0 Å². The van der Waals surface area contributed by atoms with Crippen molar-refractivity contribution in [3.05, 3.63) is 5.82 Å². The first-order chi connectivity index (χ1) is 6.74. The fourth-order valence-electron chi connectivity index (χ4n) is 1.40. The Morgan fingerprint density at radius 2 is 2.14 bits per heavy atom. The molecule has 2 heterocycles. The van der Waals surface area contributed by atoms with Crippen LogP contribution in [-0.2, 0) is 4.74 Å². The molecule has 0 radical (unpaired) electrons. The van der Waals surface area contributed by atoms with Crippen molar-refractivity contribution in [3.63, 3.8) is 0 Å². The second kappa shape index (κ2) is 3.58. The van der Waals surface area contributed by atoms with Crippen molar-refractivity contribution < 1.29 is 20.1 Å². The Morgan fingerprint density at radius 3 is 2.64 bits per heavy atom. The maximum Gasteiger partial charge on any atom is 0.206 e. The molecular formula is C6H10N4O4. The lowest BCUT2D eigenvalue weighted by molar-refractivity contribution is -0.0252. The molecule has 0 saturated carbocycles. The molecule has 1 aliphatic rings. The number of tetrazole rings is 1. The lowest BCUT2D eigenvalue weighted by Gasteiger charge is -2.10. The molecule has 78 valence electrons. The number of aromatic amines is 1. The Balaban J connectivity index is 2.16. The van der Waals surface area contributed by atoms with Crippen molar-refractivity contribution in [1.82, 2.24) is 20.6 Å². The van der Waals surface area contributed by atoms with Crippen LogP contribution in [0.5, 0.6) is 0 Å². The number of hydrogen-bond acceptors (Lipinski definition) is 7. The van der Waals surface area contributed by atoms with Gasteiger partial charge >= 0.3 is 0 Å². The molecule has 8 nitrogen and oxygen atoms in total. The van der Waals surface area contributed by atoms with Crippen LogP contribution in [0.4, 0.5) is 0 Å². The average Bonchev–Trinajstić information content (AvgIpc) is 2.78. The Kier molecular flexibility index (Phi) is 2.42. The third kappa shape index (κ3) is 1.38. The number of hydrogen-bond donors (Lipinski definition) is 4. The summed E-state index contributed by atoms with van der Waals surface area (Å²) in [5.74, 6) is 0.160. The first-order valence-electron chi connectivity index (χ1n) is 4.10. The first-order valence-corrected chi connectivity index (χ1v) is 4.10. The van der Waals surface area contributed by atoms with E-state index < -0.39 is 24.4 Å². The number of nitrogens with one attached hydrogen (secondary N) is 1. The molecule has 0 aliphatic carbocycles. The zero-order valence-corrected chi connectivity index (χ0v) is 7.11. The fraction of sp³-hybridized carbons (Fsp3) is 0.833. The number of aliphatic hydroxyl groups is 3. The van der Waals surface area contributed by atoms with Gasteiger partial charge in [-0.05, 0) is 0 Å². The van der Waals surface area contributed by atoms with Crippen molar-refractivity contribution in [2.45, 2.75) is 24.4 Å². The summed E-state index contributed by atoms with van der Waals surface area (Å²) in [6.45, 7) is -0.368. The summed E-state index contributed by atoms with van der Waals surface area (Å²) in [5.41, 5.74) is 0. The third-order valence-corrected chi connectivity index (χ3v) is 2.16. The van der Waals surface area contributed by atoms with Crippen LogP contribution in [-0.4, -0.2) is 60.9 Å². The van der Waals surface area contributed by atoms with Gasteiger partial charge in [0.25, 0.3) is 0 Å². The Labute approximate surface area is 78.5 Å². The van der Waals surface area contributed by atoms with E-state index in [4.69, 9.17) is 9.84 Å². The van der Waals surface area contributed by atoms with Gasteiger partial charge in [-0.1, -0.05) is 5.21 Å². The van der Waals surface area contributed by atoms with E-state index in [-0.39, 0.29) is 12.4 Å². The molecule has 14 heavy (non-hydrogen) atoms. The molecule has 2 rings (SSSR count). The minimum absolute atomic E-state index is 0.160. The maximum absolute atomic E-state index is 9.52. The average molecular weight is 202 g/mol. The number of aromatic nitrogens is 4. The highest BCUT2D eigenvalue weighted by atomic mass is 16.6. The smallest absolute Gasteiger partial charge is 0.206 e. The van der Waals surface area contributed by atoms with Crippen LogP contribution >= 0.6 is 0 Å². The molecule has 8 heteroatoms. The number of ether oxygens (including phenoxy) is 1. The normalized spacial score (nSPS) is 37.6. The highest BCUT2D eigenvalue weighted by molar-refractivity contribution is 4.99. The Hall–Kier alpha value is -1.09. The van der Waals surface area contributed by atoms with Gasteiger partial charge in [0, 0.05) is 0 Å². The van der Waals surface area contributed by atoms with E-state index in [1.165, 1.54) is 0 Å². The molecule has 0 aromatic carbocycles. The van der Waals surface area contributed by atoms with Crippen molar-refractivity contribution in [2.24, 2.45) is 0 Å². The summed E-state index contributed by atoms with van der Waals surface area (Å²) in [6, 6.07) is 0. The quantitative estimate of drug-likeness (QED) is 0.413. The van der Waals surface area contributed by atoms with E-state index in [0.717, 1.165) is 0 Å². The van der Waals surface area contributed by atoms with Crippen molar-refractivity contribution >= 4 is 0 Å². The molecule has 0 amide bonds. The van der Waals surface area contributed by atoms with Gasteiger partial charge in [0.15, 0.2) is 0 Å². The zero-order chi connectivity index (χ0) is 10.1. The predicted octanol–water partition coefficient (Wildman–Crippen LogP) is -2.65. The SMILES string of the molecule is OC[C@H]1O[C@@H](c2nn[nH]n2)[C@H](O)[C@@H]1O. The van der Waals surface area contributed by atoms with Crippen LogP contribution in [0.1, 0.15) is 11.9 Å². The Bertz CT molecular complexity index is 292. The minimum Gasteiger partial charge on any atom is -0.394 e. The van der Waals surface area contributed by atoms with Crippen LogP contribution < -0.4 is 0 Å². The van der Waals surface area contributed by atoms with E-state index in [1.807, 2.05) is 0 Å². The largest absolute Gasteiger partial charge is 0.394 e. The van der Waals surface area contributed by atoms with Gasteiger partial charge in [-0.15, -0.1) is 10.2 Å². The van der Waals surface area contributed by atoms with E-state index in [9.17, 15) is 10.2 Å². The summed E-state index contributed by atoms with van der Waals surface area (Å²) >= 11 is 0. The van der Waals surface area contributed by atoms with Gasteiger partial charge < -0.3 is 20.1 Å². The number of rotatable bonds is 2. The molecule has 0 bridgehead atoms.